The number of hydrogen-bond donors (Lipinski definition) is 2. The molecule has 0 unspecified atom stereocenters. The van der Waals surface area contributed by atoms with Crippen molar-refractivity contribution in [1.82, 2.24) is 9.78 Å². The number of aromatic nitrogens is 2. The van der Waals surface area contributed by atoms with Gasteiger partial charge in [0.25, 0.3) is 0 Å². The van der Waals surface area contributed by atoms with E-state index in [1.807, 2.05) is 17.8 Å². The number of aromatic carboxylic acids is 1. The van der Waals surface area contributed by atoms with Gasteiger partial charge in [-0.1, -0.05) is 0 Å². The maximum absolute atomic E-state index is 10.9. The molecule has 0 saturated carbocycles. The minimum Gasteiger partial charge on any atom is -0.478 e. The van der Waals surface area contributed by atoms with Crippen LogP contribution in [0.2, 0.25) is 0 Å². The summed E-state index contributed by atoms with van der Waals surface area (Å²) in [5.74, 6) is -0.952. The molecule has 0 bridgehead atoms. The van der Waals surface area contributed by atoms with Gasteiger partial charge in [0.15, 0.2) is 0 Å². The molecule has 1 aromatic heterocycles. The Hall–Kier alpha value is -1.82. The number of carboxylic acid groups (broad SMARTS) is 1. The van der Waals surface area contributed by atoms with Crippen molar-refractivity contribution < 1.29 is 9.90 Å². The van der Waals surface area contributed by atoms with Crippen molar-refractivity contribution in [2.75, 3.05) is 5.32 Å². The Bertz CT molecular complexity index is 580. The number of anilines is 2. The summed E-state index contributed by atoms with van der Waals surface area (Å²) >= 11 is 3.24. The van der Waals surface area contributed by atoms with E-state index in [1.165, 1.54) is 0 Å². The smallest absolute Gasteiger partial charge is 0.336 e. The third-order valence-electron chi connectivity index (χ3n) is 2.45. The first kappa shape index (κ1) is 12.6. The van der Waals surface area contributed by atoms with Crippen LogP contribution in [-0.2, 0) is 6.54 Å². The highest BCUT2D eigenvalue weighted by molar-refractivity contribution is 9.10. The van der Waals surface area contributed by atoms with Gasteiger partial charge in [-0.3, -0.25) is 4.68 Å². The molecule has 0 radical (unpaired) electrons. The lowest BCUT2D eigenvalue weighted by atomic mass is 10.2. The third-order valence-corrected chi connectivity index (χ3v) is 3.10. The summed E-state index contributed by atoms with van der Waals surface area (Å²) in [5.41, 5.74) is 1.92. The molecule has 2 rings (SSSR count). The summed E-state index contributed by atoms with van der Waals surface area (Å²) in [4.78, 5) is 10.9. The molecule has 0 spiro atoms. The maximum atomic E-state index is 10.9. The minimum absolute atomic E-state index is 0.241. The number of benzene rings is 1. The molecule has 18 heavy (non-hydrogen) atoms. The van der Waals surface area contributed by atoms with Crippen LogP contribution in [0.15, 0.2) is 35.1 Å². The van der Waals surface area contributed by atoms with Crippen molar-refractivity contribution in [3.05, 3.63) is 40.6 Å². The molecule has 94 valence electrons. The second-order valence-electron chi connectivity index (χ2n) is 3.71. The minimum atomic E-state index is -0.952. The molecule has 0 aliphatic rings. The lowest BCUT2D eigenvalue weighted by molar-refractivity contribution is 0.0696. The van der Waals surface area contributed by atoms with Crippen molar-refractivity contribution in [3.63, 3.8) is 0 Å². The first-order chi connectivity index (χ1) is 8.60. The van der Waals surface area contributed by atoms with Gasteiger partial charge in [-0.05, 0) is 41.1 Å². The fourth-order valence-electron chi connectivity index (χ4n) is 1.53. The predicted molar refractivity (Wildman–Crippen MR) is 72.3 cm³/mol. The number of carbonyl (C=O) groups is 1. The fraction of sp³-hybridized carbons (Fsp3) is 0.167. The van der Waals surface area contributed by atoms with Crippen LogP contribution in [0.4, 0.5) is 11.4 Å². The highest BCUT2D eigenvalue weighted by atomic mass is 79.9. The third kappa shape index (κ3) is 2.70. The highest BCUT2D eigenvalue weighted by Crippen LogP contribution is 2.24. The zero-order valence-corrected chi connectivity index (χ0v) is 11.3. The molecule has 0 amide bonds. The van der Waals surface area contributed by atoms with Crippen molar-refractivity contribution >= 4 is 33.3 Å². The average Bonchev–Trinajstić information content (AvgIpc) is 2.76. The van der Waals surface area contributed by atoms with Crippen molar-refractivity contribution in [3.8, 4) is 0 Å². The van der Waals surface area contributed by atoms with E-state index < -0.39 is 5.97 Å². The standard InChI is InChI=1S/C12H12BrN3O2/c1-2-16-7-9(6-14-16)15-8-3-4-10(12(17)18)11(13)5-8/h3-7,15H,2H2,1H3,(H,17,18). The Labute approximate surface area is 113 Å². The van der Waals surface area contributed by atoms with Crippen molar-refractivity contribution in [1.29, 1.82) is 0 Å². The van der Waals surface area contributed by atoms with Crippen LogP contribution in [0, 0.1) is 0 Å². The Morgan fingerprint density at radius 3 is 2.83 bits per heavy atom. The quantitative estimate of drug-likeness (QED) is 0.910. The number of halogens is 1. The van der Waals surface area contributed by atoms with Gasteiger partial charge >= 0.3 is 5.97 Å². The van der Waals surface area contributed by atoms with Crippen LogP contribution < -0.4 is 5.32 Å². The molecule has 0 aliphatic heterocycles. The largest absolute Gasteiger partial charge is 0.478 e. The van der Waals surface area contributed by atoms with E-state index in [4.69, 9.17) is 5.11 Å². The Balaban J connectivity index is 2.19. The monoisotopic (exact) mass is 309 g/mol. The van der Waals surface area contributed by atoms with Gasteiger partial charge < -0.3 is 10.4 Å². The molecule has 5 nitrogen and oxygen atoms in total. The number of carboxylic acids is 1. The summed E-state index contributed by atoms with van der Waals surface area (Å²) in [5, 5.41) is 16.2. The van der Waals surface area contributed by atoms with Crippen LogP contribution >= 0.6 is 15.9 Å². The number of aryl methyl sites for hydroxylation is 1. The number of rotatable bonds is 4. The summed E-state index contributed by atoms with van der Waals surface area (Å²) in [6.07, 6.45) is 3.61. The summed E-state index contributed by atoms with van der Waals surface area (Å²) in [6, 6.07) is 5.00. The van der Waals surface area contributed by atoms with Gasteiger partial charge in [0.1, 0.15) is 0 Å². The van der Waals surface area contributed by atoms with Crippen molar-refractivity contribution in [2.45, 2.75) is 13.5 Å². The molecule has 0 saturated heterocycles. The molecule has 2 N–H and O–H groups in total. The van der Waals surface area contributed by atoms with Gasteiger partial charge in [0.05, 0.1) is 17.4 Å². The molecule has 0 fully saturated rings. The molecule has 2 aromatic rings. The Morgan fingerprint density at radius 1 is 1.50 bits per heavy atom. The zero-order chi connectivity index (χ0) is 13.1. The molecule has 6 heteroatoms. The van der Waals surface area contributed by atoms with E-state index in [0.29, 0.717) is 4.47 Å². The fourth-order valence-corrected chi connectivity index (χ4v) is 2.08. The van der Waals surface area contributed by atoms with Crippen LogP contribution in [0.3, 0.4) is 0 Å². The first-order valence-electron chi connectivity index (χ1n) is 5.42. The van der Waals surface area contributed by atoms with Gasteiger partial charge in [-0.15, -0.1) is 0 Å². The average molecular weight is 310 g/mol. The second-order valence-corrected chi connectivity index (χ2v) is 4.56. The highest BCUT2D eigenvalue weighted by Gasteiger charge is 2.08. The molecule has 1 heterocycles. The topological polar surface area (TPSA) is 67.2 Å². The van der Waals surface area contributed by atoms with E-state index in [-0.39, 0.29) is 5.56 Å². The van der Waals surface area contributed by atoms with Gasteiger partial charge in [-0.2, -0.15) is 5.10 Å². The molecule has 0 aliphatic carbocycles. The summed E-state index contributed by atoms with van der Waals surface area (Å²) in [7, 11) is 0. The SMILES string of the molecule is CCn1cc(Nc2ccc(C(=O)O)c(Br)c2)cn1. The van der Waals surface area contributed by atoms with Gasteiger partial charge in [-0.25, -0.2) is 4.79 Å². The Kier molecular flexibility index (Phi) is 3.66. The van der Waals surface area contributed by atoms with E-state index in [1.54, 1.807) is 24.4 Å². The van der Waals surface area contributed by atoms with E-state index in [9.17, 15) is 4.79 Å². The summed E-state index contributed by atoms with van der Waals surface area (Å²) in [6.45, 7) is 2.82. The van der Waals surface area contributed by atoms with Crippen LogP contribution in [0.1, 0.15) is 17.3 Å². The lowest BCUT2D eigenvalue weighted by Crippen LogP contribution is -1.98. The zero-order valence-electron chi connectivity index (χ0n) is 9.72. The second kappa shape index (κ2) is 5.22. The number of hydrogen-bond acceptors (Lipinski definition) is 3. The first-order valence-corrected chi connectivity index (χ1v) is 6.21. The molecule has 0 atom stereocenters. The van der Waals surface area contributed by atoms with E-state index in [0.717, 1.165) is 17.9 Å². The summed E-state index contributed by atoms with van der Waals surface area (Å²) < 4.78 is 2.35. The van der Waals surface area contributed by atoms with Crippen LogP contribution in [0.5, 0.6) is 0 Å². The van der Waals surface area contributed by atoms with Crippen LogP contribution in [-0.4, -0.2) is 20.9 Å². The van der Waals surface area contributed by atoms with Crippen LogP contribution in [0.25, 0.3) is 0 Å². The van der Waals surface area contributed by atoms with Gasteiger partial charge in [0, 0.05) is 22.9 Å². The van der Waals surface area contributed by atoms with E-state index >= 15 is 0 Å². The lowest BCUT2D eigenvalue weighted by Gasteiger charge is -2.05. The van der Waals surface area contributed by atoms with E-state index in [2.05, 4.69) is 26.3 Å². The van der Waals surface area contributed by atoms with Crippen molar-refractivity contribution in [2.24, 2.45) is 0 Å². The number of nitrogens with one attached hydrogen (secondary N) is 1. The Morgan fingerprint density at radius 2 is 2.28 bits per heavy atom. The molecule has 1 aromatic carbocycles. The maximum Gasteiger partial charge on any atom is 0.336 e. The number of nitrogens with zero attached hydrogens (tertiary/aromatic N) is 2. The molecular formula is C12H12BrN3O2. The normalized spacial score (nSPS) is 10.3. The van der Waals surface area contributed by atoms with Gasteiger partial charge in [0.2, 0.25) is 0 Å². The molecular weight excluding hydrogens is 298 g/mol. The predicted octanol–water partition coefficient (Wildman–Crippen LogP) is 3.11.